The van der Waals surface area contributed by atoms with Crippen LogP contribution in [0.15, 0.2) is 10.3 Å². The highest BCUT2D eigenvalue weighted by molar-refractivity contribution is 7.88. The molecule has 0 fully saturated rings. The lowest BCUT2D eigenvalue weighted by molar-refractivity contribution is 0.482. The molecule has 0 atom stereocenters. The first-order valence-electron chi connectivity index (χ1n) is 3.89. The van der Waals surface area contributed by atoms with Gasteiger partial charge in [-0.15, -0.1) is 11.3 Å². The third-order valence-electron chi connectivity index (χ3n) is 1.63. The summed E-state index contributed by atoms with van der Waals surface area (Å²) in [6.45, 7) is -0.234. The maximum Gasteiger partial charge on any atom is 0.297 e. The third-order valence-corrected chi connectivity index (χ3v) is 4.28. The van der Waals surface area contributed by atoms with Crippen LogP contribution in [0.2, 0.25) is 0 Å². The Morgan fingerprint density at radius 2 is 2.00 bits per heavy atom. The first kappa shape index (κ1) is 13.4. The Bertz CT molecular complexity index is 586. The van der Waals surface area contributed by atoms with Gasteiger partial charge in [-0.05, 0) is 5.38 Å². The van der Waals surface area contributed by atoms with Crippen molar-refractivity contribution in [2.45, 2.75) is 11.4 Å². The Balaban J connectivity index is 3.08. The number of hydrogen-bond donors (Lipinski definition) is 3. The number of sulfonamides is 1. The Morgan fingerprint density at radius 1 is 1.44 bits per heavy atom. The summed E-state index contributed by atoms with van der Waals surface area (Å²) in [5.74, 6) is 0. The summed E-state index contributed by atoms with van der Waals surface area (Å²) in [5.41, 5.74) is 5.49. The summed E-state index contributed by atoms with van der Waals surface area (Å²) in [6, 6.07) is 0. The van der Waals surface area contributed by atoms with E-state index in [4.69, 9.17) is 10.3 Å². The Kier molecular flexibility index (Phi) is 3.59. The molecule has 1 aromatic heterocycles. The highest BCUT2D eigenvalue weighted by Crippen LogP contribution is 2.29. The van der Waals surface area contributed by atoms with Crippen LogP contribution < -0.4 is 10.5 Å². The summed E-state index contributed by atoms with van der Waals surface area (Å²) in [6.07, 6.45) is 0.940. The van der Waals surface area contributed by atoms with Crippen LogP contribution in [0, 0.1) is 0 Å². The van der Waals surface area contributed by atoms with Crippen LogP contribution in [0.1, 0.15) is 5.56 Å². The molecule has 7 nitrogen and oxygen atoms in total. The molecule has 1 heterocycles. The van der Waals surface area contributed by atoms with Gasteiger partial charge in [-0.1, -0.05) is 0 Å². The third kappa shape index (κ3) is 3.42. The molecule has 0 unspecified atom stereocenters. The number of thiophene rings is 1. The molecule has 0 radical (unpaired) electrons. The van der Waals surface area contributed by atoms with Gasteiger partial charge in [0.15, 0.2) is 0 Å². The molecule has 16 heavy (non-hydrogen) atoms. The van der Waals surface area contributed by atoms with Crippen LogP contribution >= 0.6 is 11.3 Å². The van der Waals surface area contributed by atoms with Crippen molar-refractivity contribution >= 4 is 36.5 Å². The monoisotopic (exact) mass is 286 g/mol. The first-order valence-corrected chi connectivity index (χ1v) is 8.10. The molecule has 92 valence electrons. The van der Waals surface area contributed by atoms with Crippen molar-refractivity contribution in [3.8, 4) is 0 Å². The smallest absolute Gasteiger partial charge is 0.297 e. The number of nitrogens with one attached hydrogen (secondary N) is 1. The number of rotatable bonds is 4. The fraction of sp³-hybridized carbons (Fsp3) is 0.333. The quantitative estimate of drug-likeness (QED) is 0.648. The zero-order valence-corrected chi connectivity index (χ0v) is 10.6. The number of anilines is 1. The summed E-state index contributed by atoms with van der Waals surface area (Å²) < 4.78 is 54.6. The molecule has 1 rings (SSSR count). The molecule has 1 aromatic rings. The van der Waals surface area contributed by atoms with Crippen LogP contribution in [0.3, 0.4) is 0 Å². The molecule has 0 aliphatic rings. The van der Waals surface area contributed by atoms with Gasteiger partial charge >= 0.3 is 0 Å². The molecule has 0 aromatic carbocycles. The van der Waals surface area contributed by atoms with Gasteiger partial charge in [-0.3, -0.25) is 4.55 Å². The first-order chi connectivity index (χ1) is 7.11. The Morgan fingerprint density at radius 3 is 2.44 bits per heavy atom. The average Bonchev–Trinajstić information content (AvgIpc) is 2.41. The maximum absolute atomic E-state index is 11.0. The molecule has 0 aliphatic heterocycles. The van der Waals surface area contributed by atoms with Gasteiger partial charge in [-0.2, -0.15) is 8.42 Å². The summed E-state index contributed by atoms with van der Waals surface area (Å²) >= 11 is 0.912. The molecule has 0 saturated heterocycles. The van der Waals surface area contributed by atoms with Gasteiger partial charge in [0.2, 0.25) is 10.0 Å². The zero-order chi connectivity index (χ0) is 12.6. The normalized spacial score (nSPS) is 12.9. The summed E-state index contributed by atoms with van der Waals surface area (Å²) in [7, 11) is -7.88. The molecule has 0 saturated carbocycles. The van der Waals surface area contributed by atoms with Crippen molar-refractivity contribution in [2.75, 3.05) is 12.0 Å². The van der Waals surface area contributed by atoms with E-state index in [1.165, 1.54) is 5.38 Å². The minimum atomic E-state index is -4.44. The van der Waals surface area contributed by atoms with Crippen molar-refractivity contribution in [3.05, 3.63) is 10.9 Å². The molecule has 0 aliphatic carbocycles. The van der Waals surface area contributed by atoms with Crippen molar-refractivity contribution in [3.63, 3.8) is 0 Å². The second kappa shape index (κ2) is 4.30. The standard InChI is InChI=1S/C6H10N2O5S3/c1-15(9,10)8-2-4-3-14-6(7)5(4)16(11,12)13/h3,8H,2,7H2,1H3,(H,11,12,13). The van der Waals surface area contributed by atoms with E-state index in [2.05, 4.69) is 4.72 Å². The predicted molar refractivity (Wildman–Crippen MR) is 60.2 cm³/mol. The maximum atomic E-state index is 11.0. The van der Waals surface area contributed by atoms with E-state index in [1.807, 2.05) is 0 Å². The fourth-order valence-corrected chi connectivity index (χ4v) is 3.40. The zero-order valence-electron chi connectivity index (χ0n) is 8.17. The number of nitrogens with two attached hydrogens (primary N) is 1. The summed E-state index contributed by atoms with van der Waals surface area (Å²) in [4.78, 5) is -0.436. The van der Waals surface area contributed by atoms with Gasteiger partial charge in [0.05, 0.1) is 6.26 Å². The number of nitrogen functional groups attached to an aromatic ring is 1. The predicted octanol–water partition coefficient (Wildman–Crippen LogP) is -0.374. The molecule has 10 heteroatoms. The van der Waals surface area contributed by atoms with Crippen LogP contribution in [0.4, 0.5) is 5.00 Å². The molecule has 0 amide bonds. The van der Waals surface area contributed by atoms with Gasteiger partial charge in [0.25, 0.3) is 10.1 Å². The van der Waals surface area contributed by atoms with Crippen LogP contribution in [-0.4, -0.2) is 27.6 Å². The number of hydrogen-bond acceptors (Lipinski definition) is 6. The second-order valence-corrected chi connectivity index (χ2v) is 7.13. The van der Waals surface area contributed by atoms with Gasteiger partial charge in [0.1, 0.15) is 9.90 Å². The molecular formula is C6H10N2O5S3. The molecule has 0 spiro atoms. The largest absolute Gasteiger partial charge is 0.389 e. The Hall–Kier alpha value is -0.680. The van der Waals surface area contributed by atoms with Crippen LogP contribution in [0.25, 0.3) is 0 Å². The fourth-order valence-electron chi connectivity index (χ4n) is 1.02. The van der Waals surface area contributed by atoms with Crippen molar-refractivity contribution in [1.82, 2.24) is 4.72 Å². The van der Waals surface area contributed by atoms with E-state index in [1.54, 1.807) is 0 Å². The van der Waals surface area contributed by atoms with Gasteiger partial charge < -0.3 is 5.73 Å². The lowest BCUT2D eigenvalue weighted by atomic mass is 10.3. The topological polar surface area (TPSA) is 127 Å². The molecule has 0 bridgehead atoms. The summed E-state index contributed by atoms with van der Waals surface area (Å²) in [5, 5.41) is 1.30. The van der Waals surface area contributed by atoms with E-state index in [9.17, 15) is 16.8 Å². The lowest BCUT2D eigenvalue weighted by Crippen LogP contribution is -2.22. The van der Waals surface area contributed by atoms with Crippen LogP contribution in [-0.2, 0) is 26.7 Å². The minimum absolute atomic E-state index is 0.0761. The van der Waals surface area contributed by atoms with Crippen molar-refractivity contribution in [1.29, 1.82) is 0 Å². The van der Waals surface area contributed by atoms with Crippen molar-refractivity contribution in [2.24, 2.45) is 0 Å². The van der Waals surface area contributed by atoms with Gasteiger partial charge in [0, 0.05) is 12.1 Å². The molecular weight excluding hydrogens is 276 g/mol. The van der Waals surface area contributed by atoms with E-state index >= 15 is 0 Å². The van der Waals surface area contributed by atoms with E-state index in [0.29, 0.717) is 0 Å². The Labute approximate surface area is 97.1 Å². The second-order valence-electron chi connectivity index (χ2n) is 3.02. The van der Waals surface area contributed by atoms with E-state index in [0.717, 1.165) is 17.6 Å². The van der Waals surface area contributed by atoms with Gasteiger partial charge in [-0.25, -0.2) is 13.1 Å². The van der Waals surface area contributed by atoms with Crippen LogP contribution in [0.5, 0.6) is 0 Å². The highest BCUT2D eigenvalue weighted by atomic mass is 32.2. The minimum Gasteiger partial charge on any atom is -0.389 e. The SMILES string of the molecule is CS(=O)(=O)NCc1csc(N)c1S(=O)(=O)O. The van der Waals surface area contributed by atoms with E-state index < -0.39 is 25.0 Å². The highest BCUT2D eigenvalue weighted by Gasteiger charge is 2.21. The van der Waals surface area contributed by atoms with E-state index in [-0.39, 0.29) is 17.1 Å². The lowest BCUT2D eigenvalue weighted by Gasteiger charge is -2.03. The average molecular weight is 286 g/mol. The van der Waals surface area contributed by atoms with Crippen molar-refractivity contribution < 1.29 is 21.4 Å². The molecule has 4 N–H and O–H groups in total.